The van der Waals surface area contributed by atoms with Gasteiger partial charge in [-0.25, -0.2) is 4.79 Å². The number of rotatable bonds is 3. The van der Waals surface area contributed by atoms with Crippen LogP contribution in [0.15, 0.2) is 48.5 Å². The Morgan fingerprint density at radius 3 is 2.48 bits per heavy atom. The van der Waals surface area contributed by atoms with Crippen molar-refractivity contribution in [3.63, 3.8) is 0 Å². The maximum atomic E-state index is 13.4. The molecule has 1 fully saturated rings. The van der Waals surface area contributed by atoms with Gasteiger partial charge in [0.25, 0.3) is 0 Å². The van der Waals surface area contributed by atoms with Gasteiger partial charge in [-0.3, -0.25) is 9.69 Å². The van der Waals surface area contributed by atoms with Crippen LogP contribution < -0.4 is 5.73 Å². The van der Waals surface area contributed by atoms with Crippen molar-refractivity contribution in [1.82, 2.24) is 4.90 Å². The number of nitrogens with zero attached hydrogens (tertiary/aromatic N) is 1. The van der Waals surface area contributed by atoms with Crippen molar-refractivity contribution in [1.29, 1.82) is 0 Å². The van der Waals surface area contributed by atoms with Crippen LogP contribution in [0.5, 0.6) is 0 Å². The number of carbonyl (C=O) groups excluding carboxylic acids is 2. The van der Waals surface area contributed by atoms with E-state index < -0.39 is 17.7 Å². The zero-order chi connectivity index (χ0) is 19.6. The lowest BCUT2D eigenvalue weighted by atomic mass is 9.93. The van der Waals surface area contributed by atoms with Crippen molar-refractivity contribution in [2.45, 2.75) is 45.3 Å². The summed E-state index contributed by atoms with van der Waals surface area (Å²) in [7, 11) is 0. The summed E-state index contributed by atoms with van der Waals surface area (Å²) in [6.45, 7) is 5.99. The number of nitrogens with two attached hydrogens (primary N) is 1. The third-order valence-corrected chi connectivity index (χ3v) is 4.58. The molecule has 1 amide bonds. The summed E-state index contributed by atoms with van der Waals surface area (Å²) in [6, 6.07) is 14.6. The Morgan fingerprint density at radius 1 is 1.11 bits per heavy atom. The van der Waals surface area contributed by atoms with E-state index in [2.05, 4.69) is 0 Å². The molecule has 1 aliphatic rings. The maximum Gasteiger partial charge on any atom is 0.410 e. The second-order valence-corrected chi connectivity index (χ2v) is 7.87. The van der Waals surface area contributed by atoms with Gasteiger partial charge in [-0.2, -0.15) is 0 Å². The number of hydrogen-bond acceptors (Lipinski definition) is 4. The number of anilines is 1. The van der Waals surface area contributed by atoms with E-state index in [0.29, 0.717) is 24.2 Å². The van der Waals surface area contributed by atoms with E-state index in [1.54, 1.807) is 17.0 Å². The highest BCUT2D eigenvalue weighted by Gasteiger charge is 2.37. The minimum atomic E-state index is -0.598. The molecule has 142 valence electrons. The fourth-order valence-corrected chi connectivity index (χ4v) is 3.39. The van der Waals surface area contributed by atoms with Crippen molar-refractivity contribution in [3.8, 4) is 11.1 Å². The van der Waals surface area contributed by atoms with Crippen molar-refractivity contribution in [3.05, 3.63) is 54.1 Å². The van der Waals surface area contributed by atoms with Crippen LogP contribution in [0.1, 0.15) is 44.0 Å². The molecule has 2 aromatic rings. The molecule has 2 aromatic carbocycles. The first kappa shape index (κ1) is 19.0. The quantitative estimate of drug-likeness (QED) is 0.640. The van der Waals surface area contributed by atoms with Gasteiger partial charge in [0.15, 0.2) is 5.78 Å². The van der Waals surface area contributed by atoms with Crippen LogP contribution in [0.3, 0.4) is 0 Å². The molecule has 0 aliphatic carbocycles. The number of benzene rings is 2. The lowest BCUT2D eigenvalue weighted by molar-refractivity contribution is 0.0222. The summed E-state index contributed by atoms with van der Waals surface area (Å²) in [6.07, 6.45) is 0.961. The third kappa shape index (κ3) is 4.30. The van der Waals surface area contributed by atoms with Gasteiger partial charge in [-0.1, -0.05) is 36.4 Å². The monoisotopic (exact) mass is 366 g/mol. The molecule has 0 spiro atoms. The van der Waals surface area contributed by atoms with Crippen LogP contribution in [0.25, 0.3) is 11.1 Å². The summed E-state index contributed by atoms with van der Waals surface area (Å²) in [5.74, 6) is -0.0930. The number of nitrogen functional groups attached to an aromatic ring is 1. The molecule has 0 saturated carbocycles. The Balaban J connectivity index is 1.93. The Labute approximate surface area is 160 Å². The van der Waals surface area contributed by atoms with E-state index in [9.17, 15) is 9.59 Å². The van der Waals surface area contributed by atoms with Crippen LogP contribution in [0, 0.1) is 0 Å². The lowest BCUT2D eigenvalue weighted by Crippen LogP contribution is -2.43. The first-order valence-electron chi connectivity index (χ1n) is 9.25. The third-order valence-electron chi connectivity index (χ3n) is 4.58. The van der Waals surface area contributed by atoms with Gasteiger partial charge < -0.3 is 10.5 Å². The Hall–Kier alpha value is -2.82. The van der Waals surface area contributed by atoms with Crippen LogP contribution in [0.4, 0.5) is 10.5 Å². The zero-order valence-corrected chi connectivity index (χ0v) is 16.1. The highest BCUT2D eigenvalue weighted by atomic mass is 16.6. The molecule has 2 N–H and O–H groups in total. The fourth-order valence-electron chi connectivity index (χ4n) is 3.39. The number of hydrogen-bond donors (Lipinski definition) is 1. The summed E-state index contributed by atoms with van der Waals surface area (Å²) >= 11 is 0. The van der Waals surface area contributed by atoms with E-state index in [-0.39, 0.29) is 5.78 Å². The minimum absolute atomic E-state index is 0.0930. The second kappa shape index (κ2) is 7.43. The average Bonchev–Trinajstić information content (AvgIpc) is 3.10. The molecule has 1 heterocycles. The van der Waals surface area contributed by atoms with Gasteiger partial charge in [-0.05, 0) is 56.9 Å². The fraction of sp³-hybridized carbons (Fsp3) is 0.364. The van der Waals surface area contributed by atoms with Gasteiger partial charge in [0.05, 0.1) is 6.04 Å². The second-order valence-electron chi connectivity index (χ2n) is 7.87. The average molecular weight is 366 g/mol. The SMILES string of the molecule is CC(C)(C)OC(=O)N1CCCC1C(=O)c1cc(N)ccc1-c1ccccc1. The topological polar surface area (TPSA) is 72.6 Å². The largest absolute Gasteiger partial charge is 0.444 e. The molecule has 5 nitrogen and oxygen atoms in total. The first-order chi connectivity index (χ1) is 12.8. The normalized spacial score (nSPS) is 17.0. The molecular formula is C22H26N2O3. The predicted molar refractivity (Wildman–Crippen MR) is 107 cm³/mol. The van der Waals surface area contributed by atoms with Crippen molar-refractivity contribution in [2.24, 2.45) is 0 Å². The van der Waals surface area contributed by atoms with Crippen LogP contribution in [-0.4, -0.2) is 35.0 Å². The summed E-state index contributed by atoms with van der Waals surface area (Å²) in [4.78, 5) is 27.5. The highest BCUT2D eigenvalue weighted by molar-refractivity contribution is 6.07. The molecule has 1 atom stereocenters. The molecular weight excluding hydrogens is 340 g/mol. The number of amides is 1. The molecule has 1 unspecified atom stereocenters. The Morgan fingerprint density at radius 2 is 1.81 bits per heavy atom. The van der Waals surface area contributed by atoms with E-state index >= 15 is 0 Å². The number of ketones is 1. The Bertz CT molecular complexity index is 840. The number of likely N-dealkylation sites (tertiary alicyclic amines) is 1. The van der Waals surface area contributed by atoms with Crippen molar-refractivity contribution in [2.75, 3.05) is 12.3 Å². The smallest absolute Gasteiger partial charge is 0.410 e. The molecule has 0 radical (unpaired) electrons. The van der Waals surface area contributed by atoms with Gasteiger partial charge in [0.2, 0.25) is 0 Å². The molecule has 3 rings (SSSR count). The van der Waals surface area contributed by atoms with E-state index in [4.69, 9.17) is 10.5 Å². The van der Waals surface area contributed by atoms with Gasteiger partial charge in [-0.15, -0.1) is 0 Å². The Kier molecular flexibility index (Phi) is 5.22. The molecule has 0 bridgehead atoms. The summed E-state index contributed by atoms with van der Waals surface area (Å²) < 4.78 is 5.49. The van der Waals surface area contributed by atoms with Crippen LogP contribution in [0.2, 0.25) is 0 Å². The molecule has 1 saturated heterocycles. The van der Waals surface area contributed by atoms with Gasteiger partial charge in [0.1, 0.15) is 5.60 Å². The summed E-state index contributed by atoms with van der Waals surface area (Å²) in [5.41, 5.74) is 8.21. The minimum Gasteiger partial charge on any atom is -0.444 e. The zero-order valence-electron chi connectivity index (χ0n) is 16.1. The van der Waals surface area contributed by atoms with Crippen molar-refractivity contribution >= 4 is 17.6 Å². The molecule has 27 heavy (non-hydrogen) atoms. The van der Waals surface area contributed by atoms with E-state index in [0.717, 1.165) is 17.5 Å². The molecule has 0 aromatic heterocycles. The van der Waals surface area contributed by atoms with Gasteiger partial charge >= 0.3 is 6.09 Å². The number of Topliss-reactive ketones (excluding diaryl/α,β-unsaturated/α-hetero) is 1. The van der Waals surface area contributed by atoms with Crippen LogP contribution >= 0.6 is 0 Å². The number of ether oxygens (including phenoxy) is 1. The summed E-state index contributed by atoms with van der Waals surface area (Å²) in [5, 5.41) is 0. The standard InChI is InChI=1S/C22H26N2O3/c1-22(2,3)27-21(26)24-13-7-10-19(24)20(25)18-14-16(23)11-12-17(18)15-8-5-4-6-9-15/h4-6,8-9,11-12,14,19H,7,10,13,23H2,1-3H3. The molecule has 5 heteroatoms. The number of carbonyl (C=O) groups is 2. The lowest BCUT2D eigenvalue weighted by Gasteiger charge is -2.28. The highest BCUT2D eigenvalue weighted by Crippen LogP contribution is 2.30. The van der Waals surface area contributed by atoms with Gasteiger partial charge in [0, 0.05) is 17.8 Å². The molecule has 1 aliphatic heterocycles. The van der Waals surface area contributed by atoms with Crippen molar-refractivity contribution < 1.29 is 14.3 Å². The first-order valence-corrected chi connectivity index (χ1v) is 9.25. The van der Waals surface area contributed by atoms with E-state index in [1.165, 1.54) is 0 Å². The maximum absolute atomic E-state index is 13.4. The van der Waals surface area contributed by atoms with Crippen LogP contribution in [-0.2, 0) is 4.74 Å². The predicted octanol–water partition coefficient (Wildman–Crippen LogP) is 4.52. The van der Waals surface area contributed by atoms with E-state index in [1.807, 2.05) is 57.2 Å².